The van der Waals surface area contributed by atoms with Crippen LogP contribution in [0.4, 0.5) is 0 Å². The highest BCUT2D eigenvalue weighted by Crippen LogP contribution is 2.19. The van der Waals surface area contributed by atoms with Gasteiger partial charge in [-0.2, -0.15) is 0 Å². The monoisotopic (exact) mass is 400 g/mol. The van der Waals surface area contributed by atoms with Gasteiger partial charge in [0.05, 0.1) is 12.3 Å². The fourth-order valence-electron chi connectivity index (χ4n) is 2.60. The van der Waals surface area contributed by atoms with Gasteiger partial charge in [-0.15, -0.1) is 10.2 Å². The highest BCUT2D eigenvalue weighted by Gasteiger charge is 2.15. The summed E-state index contributed by atoms with van der Waals surface area (Å²) in [4.78, 5) is 14.2. The SMILES string of the molecule is Cc1nnc(SCC(=O)N(C)Cc2ccc(Cl)cc2)n1Cc1ccccc1. The molecule has 0 spiro atoms. The van der Waals surface area contributed by atoms with Crippen LogP contribution >= 0.6 is 23.4 Å². The van der Waals surface area contributed by atoms with Crippen LogP contribution in [-0.2, 0) is 17.9 Å². The second-order valence-corrected chi connectivity index (χ2v) is 7.65. The first-order chi connectivity index (χ1) is 13.0. The molecule has 0 saturated carbocycles. The molecule has 0 aliphatic carbocycles. The summed E-state index contributed by atoms with van der Waals surface area (Å²) in [5, 5.41) is 9.84. The molecule has 0 bridgehead atoms. The lowest BCUT2D eigenvalue weighted by molar-refractivity contribution is -0.127. The van der Waals surface area contributed by atoms with E-state index >= 15 is 0 Å². The van der Waals surface area contributed by atoms with Crippen LogP contribution < -0.4 is 0 Å². The summed E-state index contributed by atoms with van der Waals surface area (Å²) in [7, 11) is 1.80. The van der Waals surface area contributed by atoms with Gasteiger partial charge >= 0.3 is 0 Å². The molecule has 0 unspecified atom stereocenters. The van der Waals surface area contributed by atoms with Crippen molar-refractivity contribution in [1.82, 2.24) is 19.7 Å². The zero-order chi connectivity index (χ0) is 19.2. The second kappa shape index (κ2) is 9.06. The normalized spacial score (nSPS) is 10.8. The average Bonchev–Trinajstić information content (AvgIpc) is 3.02. The van der Waals surface area contributed by atoms with E-state index in [-0.39, 0.29) is 5.91 Å². The number of thioether (sulfide) groups is 1. The minimum atomic E-state index is 0.0434. The fourth-order valence-corrected chi connectivity index (χ4v) is 3.65. The Hall–Kier alpha value is -2.31. The molecule has 2 aromatic carbocycles. The molecule has 140 valence electrons. The van der Waals surface area contributed by atoms with Crippen LogP contribution in [0.15, 0.2) is 59.8 Å². The maximum absolute atomic E-state index is 12.5. The summed E-state index contributed by atoms with van der Waals surface area (Å²) in [6, 6.07) is 17.7. The van der Waals surface area contributed by atoms with E-state index in [4.69, 9.17) is 11.6 Å². The molecule has 0 atom stereocenters. The van der Waals surface area contributed by atoms with Gasteiger partial charge in [-0.05, 0) is 30.2 Å². The number of nitrogens with zero attached hydrogens (tertiary/aromatic N) is 4. The van der Waals surface area contributed by atoms with Crippen molar-refractivity contribution >= 4 is 29.3 Å². The number of hydrogen-bond acceptors (Lipinski definition) is 4. The lowest BCUT2D eigenvalue weighted by Crippen LogP contribution is -2.27. The maximum Gasteiger partial charge on any atom is 0.233 e. The molecule has 0 aliphatic heterocycles. The highest BCUT2D eigenvalue weighted by molar-refractivity contribution is 7.99. The highest BCUT2D eigenvalue weighted by atomic mass is 35.5. The lowest BCUT2D eigenvalue weighted by Gasteiger charge is -2.17. The summed E-state index contributed by atoms with van der Waals surface area (Å²) in [5.74, 6) is 1.20. The van der Waals surface area contributed by atoms with Crippen molar-refractivity contribution in [3.05, 3.63) is 76.6 Å². The molecule has 3 rings (SSSR count). The van der Waals surface area contributed by atoms with E-state index in [0.29, 0.717) is 23.9 Å². The van der Waals surface area contributed by atoms with Crippen LogP contribution in [0.1, 0.15) is 17.0 Å². The molecule has 7 heteroatoms. The fraction of sp³-hybridized carbons (Fsp3) is 0.250. The van der Waals surface area contributed by atoms with Gasteiger partial charge in [-0.25, -0.2) is 0 Å². The van der Waals surface area contributed by atoms with E-state index < -0.39 is 0 Å². The number of aromatic nitrogens is 3. The van der Waals surface area contributed by atoms with Gasteiger partial charge in [0.15, 0.2) is 5.16 Å². The molecule has 0 saturated heterocycles. The van der Waals surface area contributed by atoms with Gasteiger partial charge in [-0.3, -0.25) is 4.79 Å². The van der Waals surface area contributed by atoms with Crippen LogP contribution in [0.5, 0.6) is 0 Å². The molecule has 5 nitrogen and oxygen atoms in total. The molecule has 0 N–H and O–H groups in total. The summed E-state index contributed by atoms with van der Waals surface area (Å²) in [5.41, 5.74) is 2.22. The van der Waals surface area contributed by atoms with Gasteiger partial charge in [0.2, 0.25) is 5.91 Å². The number of rotatable bonds is 7. The first-order valence-corrected chi connectivity index (χ1v) is 9.94. The Kier molecular flexibility index (Phi) is 6.53. The van der Waals surface area contributed by atoms with E-state index in [9.17, 15) is 4.79 Å². The van der Waals surface area contributed by atoms with Gasteiger partial charge in [0, 0.05) is 18.6 Å². The van der Waals surface area contributed by atoms with Crippen LogP contribution in [0.2, 0.25) is 5.02 Å². The third-order valence-corrected chi connectivity index (χ3v) is 5.37. The lowest BCUT2D eigenvalue weighted by atomic mass is 10.2. The standard InChI is InChI=1S/C20H21ClN4OS/c1-15-22-23-20(25(15)13-16-6-4-3-5-7-16)27-14-19(26)24(2)12-17-8-10-18(21)11-9-17/h3-11H,12-14H2,1-2H3. The molecule has 27 heavy (non-hydrogen) atoms. The largest absolute Gasteiger partial charge is 0.341 e. The van der Waals surface area contributed by atoms with Gasteiger partial charge in [0.25, 0.3) is 0 Å². The Morgan fingerprint density at radius 2 is 1.78 bits per heavy atom. The van der Waals surface area contributed by atoms with Crippen LogP contribution in [0.25, 0.3) is 0 Å². The Morgan fingerprint density at radius 1 is 1.07 bits per heavy atom. The number of halogens is 1. The van der Waals surface area contributed by atoms with Crippen molar-refractivity contribution in [1.29, 1.82) is 0 Å². The van der Waals surface area contributed by atoms with Crippen LogP contribution in [0, 0.1) is 6.92 Å². The van der Waals surface area contributed by atoms with Gasteiger partial charge in [0.1, 0.15) is 5.82 Å². The zero-order valence-corrected chi connectivity index (χ0v) is 16.9. The number of benzene rings is 2. The van der Waals surface area contributed by atoms with E-state index in [0.717, 1.165) is 16.5 Å². The summed E-state index contributed by atoms with van der Waals surface area (Å²) in [6.45, 7) is 3.16. The van der Waals surface area contributed by atoms with Crippen molar-refractivity contribution in [3.63, 3.8) is 0 Å². The predicted octanol–water partition coefficient (Wildman–Crippen LogP) is 4.04. The molecule has 0 aliphatic rings. The van der Waals surface area contributed by atoms with Crippen LogP contribution in [0.3, 0.4) is 0 Å². The summed E-state index contributed by atoms with van der Waals surface area (Å²) >= 11 is 7.32. The van der Waals surface area contributed by atoms with Gasteiger partial charge < -0.3 is 9.47 Å². The Morgan fingerprint density at radius 3 is 2.48 bits per heavy atom. The molecular formula is C20H21ClN4OS. The summed E-state index contributed by atoms with van der Waals surface area (Å²) < 4.78 is 2.03. The number of amides is 1. The van der Waals surface area contributed by atoms with Crippen molar-refractivity contribution in [2.75, 3.05) is 12.8 Å². The van der Waals surface area contributed by atoms with E-state index in [1.165, 1.54) is 17.3 Å². The van der Waals surface area contributed by atoms with Gasteiger partial charge in [-0.1, -0.05) is 65.8 Å². The predicted molar refractivity (Wildman–Crippen MR) is 109 cm³/mol. The smallest absolute Gasteiger partial charge is 0.233 e. The van der Waals surface area contributed by atoms with E-state index in [2.05, 4.69) is 22.3 Å². The number of aryl methyl sites for hydroxylation is 1. The minimum Gasteiger partial charge on any atom is -0.341 e. The summed E-state index contributed by atoms with van der Waals surface area (Å²) in [6.07, 6.45) is 0. The van der Waals surface area contributed by atoms with Crippen molar-refractivity contribution < 1.29 is 4.79 Å². The van der Waals surface area contributed by atoms with E-state index in [1.807, 2.05) is 54.0 Å². The topological polar surface area (TPSA) is 51.0 Å². The third-order valence-electron chi connectivity index (χ3n) is 4.17. The van der Waals surface area contributed by atoms with E-state index in [1.54, 1.807) is 11.9 Å². The number of carbonyl (C=O) groups is 1. The third kappa shape index (κ3) is 5.34. The zero-order valence-electron chi connectivity index (χ0n) is 15.3. The first kappa shape index (κ1) is 19.5. The Balaban J connectivity index is 1.59. The second-order valence-electron chi connectivity index (χ2n) is 6.27. The average molecular weight is 401 g/mol. The maximum atomic E-state index is 12.5. The molecule has 0 radical (unpaired) electrons. The molecule has 3 aromatic rings. The quantitative estimate of drug-likeness (QED) is 0.561. The molecular weight excluding hydrogens is 380 g/mol. The molecule has 1 heterocycles. The Labute approximate surface area is 168 Å². The molecule has 0 fully saturated rings. The van der Waals surface area contributed by atoms with Crippen molar-refractivity contribution in [2.24, 2.45) is 0 Å². The molecule has 1 amide bonds. The first-order valence-electron chi connectivity index (χ1n) is 8.58. The van der Waals surface area contributed by atoms with Crippen molar-refractivity contribution in [2.45, 2.75) is 25.2 Å². The number of hydrogen-bond donors (Lipinski definition) is 0. The Bertz CT molecular complexity index is 896. The minimum absolute atomic E-state index is 0.0434. The number of carbonyl (C=O) groups excluding carboxylic acids is 1. The van der Waals surface area contributed by atoms with Crippen LogP contribution in [-0.4, -0.2) is 38.4 Å². The van der Waals surface area contributed by atoms with Crippen molar-refractivity contribution in [3.8, 4) is 0 Å². The molecule has 1 aromatic heterocycles.